The summed E-state index contributed by atoms with van der Waals surface area (Å²) in [6, 6.07) is 17.5. The summed E-state index contributed by atoms with van der Waals surface area (Å²) >= 11 is 0. The highest BCUT2D eigenvalue weighted by molar-refractivity contribution is 5.86. The van der Waals surface area contributed by atoms with Crippen molar-refractivity contribution in [3.05, 3.63) is 60.2 Å². The summed E-state index contributed by atoms with van der Waals surface area (Å²) in [7, 11) is 0. The fraction of sp³-hybridized carbons (Fsp3) is 0.222. The third-order valence-corrected chi connectivity index (χ3v) is 3.70. The summed E-state index contributed by atoms with van der Waals surface area (Å²) in [5.41, 5.74) is 3.18. The molecule has 1 aliphatic heterocycles. The Morgan fingerprint density at radius 3 is 2.36 bits per heavy atom. The molecule has 0 bridgehead atoms. The van der Waals surface area contributed by atoms with Gasteiger partial charge in [0.05, 0.1) is 13.0 Å². The largest absolute Gasteiger partial charge is 0.464 e. The molecule has 1 amide bonds. The number of esters is 1. The van der Waals surface area contributed by atoms with Crippen LogP contribution in [0.15, 0.2) is 54.6 Å². The summed E-state index contributed by atoms with van der Waals surface area (Å²) in [5, 5.41) is 2.71. The highest BCUT2D eigenvalue weighted by Gasteiger charge is 2.27. The quantitative estimate of drug-likeness (QED) is 0.881. The average Bonchev–Trinajstić information content (AvgIpc) is 2.94. The van der Waals surface area contributed by atoms with Crippen LogP contribution in [-0.4, -0.2) is 24.5 Å². The maximum Gasteiger partial charge on any atom is 0.328 e. The van der Waals surface area contributed by atoms with E-state index in [4.69, 9.17) is 4.74 Å². The zero-order valence-corrected chi connectivity index (χ0v) is 12.1. The molecule has 112 valence electrons. The zero-order chi connectivity index (χ0) is 15.4. The molecule has 0 aliphatic carbocycles. The summed E-state index contributed by atoms with van der Waals surface area (Å²) in [4.78, 5) is 23.3. The number of hydrogen-bond donors (Lipinski definition) is 1. The van der Waals surface area contributed by atoms with Crippen molar-refractivity contribution in [1.29, 1.82) is 0 Å². The monoisotopic (exact) mass is 295 g/mol. The molecular weight excluding hydrogens is 278 g/mol. The predicted molar refractivity (Wildman–Crippen MR) is 83.1 cm³/mol. The Labute approximate surface area is 129 Å². The van der Waals surface area contributed by atoms with Crippen LogP contribution in [0.3, 0.4) is 0 Å². The Balaban J connectivity index is 1.61. The fourth-order valence-electron chi connectivity index (χ4n) is 2.50. The van der Waals surface area contributed by atoms with Gasteiger partial charge in [-0.15, -0.1) is 0 Å². The molecule has 1 N–H and O–H groups in total. The molecule has 0 unspecified atom stereocenters. The maximum atomic E-state index is 12.0. The van der Waals surface area contributed by atoms with Gasteiger partial charge in [-0.3, -0.25) is 4.79 Å². The number of carbonyl (C=O) groups excluding carboxylic acids is 2. The fourth-order valence-corrected chi connectivity index (χ4v) is 2.50. The molecule has 0 saturated carbocycles. The van der Waals surface area contributed by atoms with E-state index in [1.165, 1.54) is 0 Å². The number of cyclic esters (lactones) is 1. The van der Waals surface area contributed by atoms with Crippen molar-refractivity contribution in [2.24, 2.45) is 0 Å². The molecule has 0 radical (unpaired) electrons. The molecule has 0 spiro atoms. The van der Waals surface area contributed by atoms with E-state index in [0.29, 0.717) is 13.0 Å². The van der Waals surface area contributed by atoms with Crippen molar-refractivity contribution in [3.8, 4) is 11.1 Å². The molecule has 1 atom stereocenters. The third kappa shape index (κ3) is 3.34. The molecule has 0 aromatic heterocycles. The normalized spacial score (nSPS) is 17.1. The van der Waals surface area contributed by atoms with E-state index in [-0.39, 0.29) is 18.3 Å². The minimum atomic E-state index is -0.490. The number of nitrogens with one attached hydrogen (secondary N) is 1. The van der Waals surface area contributed by atoms with Gasteiger partial charge in [0, 0.05) is 6.42 Å². The second kappa shape index (κ2) is 6.43. The van der Waals surface area contributed by atoms with Crippen molar-refractivity contribution in [3.63, 3.8) is 0 Å². The molecule has 22 heavy (non-hydrogen) atoms. The first kappa shape index (κ1) is 14.3. The van der Waals surface area contributed by atoms with E-state index in [1.807, 2.05) is 54.6 Å². The van der Waals surface area contributed by atoms with Crippen LogP contribution < -0.4 is 5.32 Å². The predicted octanol–water partition coefficient (Wildman–Crippen LogP) is 2.33. The molecule has 1 saturated heterocycles. The Morgan fingerprint density at radius 2 is 1.73 bits per heavy atom. The molecule has 1 heterocycles. The lowest BCUT2D eigenvalue weighted by molar-refractivity contribution is -0.141. The Kier molecular flexibility index (Phi) is 4.19. The smallest absolute Gasteiger partial charge is 0.328 e. The van der Waals surface area contributed by atoms with Crippen LogP contribution in [0.1, 0.15) is 12.0 Å². The van der Waals surface area contributed by atoms with Crippen molar-refractivity contribution in [1.82, 2.24) is 5.32 Å². The lowest BCUT2D eigenvalue weighted by Crippen LogP contribution is -2.38. The van der Waals surface area contributed by atoms with Crippen LogP contribution in [-0.2, 0) is 20.7 Å². The molecular formula is C18H17NO3. The molecule has 4 heteroatoms. The SMILES string of the molecule is O=C(Cc1ccc(-c2ccccc2)cc1)N[C@H]1CCOC1=O. The van der Waals surface area contributed by atoms with E-state index < -0.39 is 6.04 Å². The van der Waals surface area contributed by atoms with Gasteiger partial charge >= 0.3 is 5.97 Å². The second-order valence-electron chi connectivity index (χ2n) is 5.32. The summed E-state index contributed by atoms with van der Waals surface area (Å²) in [6.45, 7) is 0.384. The number of benzene rings is 2. The topological polar surface area (TPSA) is 55.4 Å². The first-order chi connectivity index (χ1) is 10.7. The molecule has 2 aromatic carbocycles. The number of rotatable bonds is 4. The van der Waals surface area contributed by atoms with E-state index in [9.17, 15) is 9.59 Å². The lowest BCUT2D eigenvalue weighted by Gasteiger charge is -2.09. The van der Waals surface area contributed by atoms with Gasteiger partial charge < -0.3 is 10.1 Å². The Bertz CT molecular complexity index is 664. The standard InChI is InChI=1S/C18H17NO3/c20-17(19-16-10-11-22-18(16)21)12-13-6-8-15(9-7-13)14-4-2-1-3-5-14/h1-9,16H,10-12H2,(H,19,20)/t16-/m0/s1. The van der Waals surface area contributed by atoms with E-state index >= 15 is 0 Å². The Hall–Kier alpha value is -2.62. The first-order valence-corrected chi connectivity index (χ1v) is 7.33. The van der Waals surface area contributed by atoms with Gasteiger partial charge in [-0.25, -0.2) is 4.79 Å². The van der Waals surface area contributed by atoms with Crippen molar-refractivity contribution in [2.75, 3.05) is 6.61 Å². The molecule has 4 nitrogen and oxygen atoms in total. The van der Waals surface area contributed by atoms with E-state index in [1.54, 1.807) is 0 Å². The lowest BCUT2D eigenvalue weighted by atomic mass is 10.0. The van der Waals surface area contributed by atoms with Gasteiger partial charge in [0.15, 0.2) is 0 Å². The summed E-state index contributed by atoms with van der Waals surface area (Å²) in [5.74, 6) is -0.496. The van der Waals surface area contributed by atoms with Crippen molar-refractivity contribution in [2.45, 2.75) is 18.9 Å². The van der Waals surface area contributed by atoms with Gasteiger partial charge in [0.25, 0.3) is 0 Å². The van der Waals surface area contributed by atoms with Gasteiger partial charge in [-0.05, 0) is 16.7 Å². The Morgan fingerprint density at radius 1 is 1.05 bits per heavy atom. The number of amides is 1. The van der Waals surface area contributed by atoms with Crippen LogP contribution in [0.5, 0.6) is 0 Å². The van der Waals surface area contributed by atoms with Gasteiger partial charge in [0.2, 0.25) is 5.91 Å². The molecule has 2 aromatic rings. The number of ether oxygens (including phenoxy) is 1. The van der Waals surface area contributed by atoms with Crippen LogP contribution in [0, 0.1) is 0 Å². The third-order valence-electron chi connectivity index (χ3n) is 3.70. The van der Waals surface area contributed by atoms with Crippen LogP contribution in [0.25, 0.3) is 11.1 Å². The highest BCUT2D eigenvalue weighted by Crippen LogP contribution is 2.19. The zero-order valence-electron chi connectivity index (χ0n) is 12.1. The van der Waals surface area contributed by atoms with Gasteiger partial charge in [0.1, 0.15) is 6.04 Å². The van der Waals surface area contributed by atoms with Crippen LogP contribution >= 0.6 is 0 Å². The minimum Gasteiger partial charge on any atom is -0.464 e. The summed E-state index contributed by atoms with van der Waals surface area (Å²) < 4.78 is 4.83. The minimum absolute atomic E-state index is 0.156. The van der Waals surface area contributed by atoms with Crippen LogP contribution in [0.2, 0.25) is 0 Å². The number of hydrogen-bond acceptors (Lipinski definition) is 3. The first-order valence-electron chi connectivity index (χ1n) is 7.33. The highest BCUT2D eigenvalue weighted by atomic mass is 16.5. The molecule has 1 fully saturated rings. The van der Waals surface area contributed by atoms with E-state index in [2.05, 4.69) is 5.32 Å². The van der Waals surface area contributed by atoms with Crippen molar-refractivity contribution >= 4 is 11.9 Å². The second-order valence-corrected chi connectivity index (χ2v) is 5.32. The van der Waals surface area contributed by atoms with Gasteiger partial charge in [-0.1, -0.05) is 54.6 Å². The maximum absolute atomic E-state index is 12.0. The van der Waals surface area contributed by atoms with E-state index in [0.717, 1.165) is 16.7 Å². The molecule has 3 rings (SSSR count). The average molecular weight is 295 g/mol. The van der Waals surface area contributed by atoms with Crippen molar-refractivity contribution < 1.29 is 14.3 Å². The molecule has 1 aliphatic rings. The summed E-state index contributed by atoms with van der Waals surface area (Å²) in [6.07, 6.45) is 0.816. The number of carbonyl (C=O) groups is 2. The van der Waals surface area contributed by atoms with Crippen LogP contribution in [0.4, 0.5) is 0 Å². The van der Waals surface area contributed by atoms with Gasteiger partial charge in [-0.2, -0.15) is 0 Å².